The Morgan fingerprint density at radius 3 is 2.52 bits per heavy atom. The van der Waals surface area contributed by atoms with Gasteiger partial charge in [-0.3, -0.25) is 19.3 Å². The lowest BCUT2D eigenvalue weighted by molar-refractivity contribution is -0.127. The van der Waals surface area contributed by atoms with E-state index < -0.39 is 6.04 Å². The number of carbonyl (C=O) groups is 3. The van der Waals surface area contributed by atoms with E-state index in [-0.39, 0.29) is 30.4 Å². The van der Waals surface area contributed by atoms with E-state index in [1.807, 2.05) is 31.2 Å². The minimum absolute atomic E-state index is 0.0717. The molecule has 2 heterocycles. The van der Waals surface area contributed by atoms with E-state index in [2.05, 4.69) is 20.9 Å². The molecule has 0 unspecified atom stereocenters. The lowest BCUT2D eigenvalue weighted by Crippen LogP contribution is -2.46. The molecule has 1 aliphatic rings. The van der Waals surface area contributed by atoms with Gasteiger partial charge in [0.25, 0.3) is 0 Å². The van der Waals surface area contributed by atoms with E-state index >= 15 is 0 Å². The van der Waals surface area contributed by atoms with Crippen molar-refractivity contribution in [1.29, 1.82) is 0 Å². The number of aromatic nitrogens is 3. The predicted molar refractivity (Wildman–Crippen MR) is 158 cm³/mol. The molecule has 42 heavy (non-hydrogen) atoms. The first-order valence-electron chi connectivity index (χ1n) is 14.0. The van der Waals surface area contributed by atoms with Gasteiger partial charge in [-0.25, -0.2) is 4.68 Å². The van der Waals surface area contributed by atoms with Gasteiger partial charge >= 0.3 is 0 Å². The Morgan fingerprint density at radius 2 is 1.83 bits per heavy atom. The summed E-state index contributed by atoms with van der Waals surface area (Å²) >= 11 is 0. The normalized spacial score (nSPS) is 15.2. The first-order valence-corrected chi connectivity index (χ1v) is 14.0. The van der Waals surface area contributed by atoms with E-state index in [9.17, 15) is 14.4 Å². The molecule has 5 rings (SSSR count). The maximum Gasteiger partial charge on any atom is 0.249 e. The molecule has 1 aliphatic heterocycles. The molecule has 0 saturated carbocycles. The lowest BCUT2D eigenvalue weighted by atomic mass is 10.0. The van der Waals surface area contributed by atoms with Crippen LogP contribution in [0.15, 0.2) is 72.8 Å². The minimum Gasteiger partial charge on any atom is -0.494 e. The summed E-state index contributed by atoms with van der Waals surface area (Å²) < 4.78 is 12.9. The van der Waals surface area contributed by atoms with Gasteiger partial charge in [0.2, 0.25) is 17.7 Å². The third-order valence-corrected chi connectivity index (χ3v) is 6.98. The van der Waals surface area contributed by atoms with Crippen LogP contribution in [-0.4, -0.2) is 58.6 Å². The zero-order chi connectivity index (χ0) is 29.5. The summed E-state index contributed by atoms with van der Waals surface area (Å²) in [5.74, 6) is -0.276. The fourth-order valence-corrected chi connectivity index (χ4v) is 5.03. The van der Waals surface area contributed by atoms with Crippen LogP contribution in [0.1, 0.15) is 38.3 Å². The SMILES string of the molecule is CCOc1ccc([C@H](C(=O)NC[C@H]2CCCO2)N(C(=O)Cn2nnc3ccccc32)c2ccc(NC(C)=O)cc2)cc1. The van der Waals surface area contributed by atoms with Gasteiger partial charge in [0, 0.05) is 31.5 Å². The monoisotopic (exact) mass is 570 g/mol. The Morgan fingerprint density at radius 1 is 1.07 bits per heavy atom. The zero-order valence-electron chi connectivity index (χ0n) is 23.7. The van der Waals surface area contributed by atoms with Crippen molar-refractivity contribution in [2.24, 2.45) is 0 Å². The number of nitrogens with zero attached hydrogens (tertiary/aromatic N) is 4. The van der Waals surface area contributed by atoms with Crippen LogP contribution in [0.4, 0.5) is 11.4 Å². The van der Waals surface area contributed by atoms with Crippen molar-refractivity contribution in [3.8, 4) is 5.75 Å². The van der Waals surface area contributed by atoms with E-state index in [4.69, 9.17) is 9.47 Å². The Bertz CT molecular complexity index is 1530. The molecule has 0 aliphatic carbocycles. The highest BCUT2D eigenvalue weighted by molar-refractivity contribution is 6.02. The Balaban J connectivity index is 1.54. The van der Waals surface area contributed by atoms with Crippen molar-refractivity contribution in [3.63, 3.8) is 0 Å². The van der Waals surface area contributed by atoms with Gasteiger partial charge < -0.3 is 20.1 Å². The average molecular weight is 571 g/mol. The molecule has 0 spiro atoms. The fraction of sp³-hybridized carbons (Fsp3) is 0.323. The van der Waals surface area contributed by atoms with E-state index in [0.29, 0.717) is 53.5 Å². The van der Waals surface area contributed by atoms with E-state index in [1.54, 1.807) is 48.5 Å². The van der Waals surface area contributed by atoms with Crippen LogP contribution in [0.25, 0.3) is 11.0 Å². The second-order valence-corrected chi connectivity index (χ2v) is 10.0. The van der Waals surface area contributed by atoms with Crippen LogP contribution in [-0.2, 0) is 25.7 Å². The van der Waals surface area contributed by atoms with Gasteiger partial charge in [0.05, 0.1) is 18.2 Å². The zero-order valence-corrected chi connectivity index (χ0v) is 23.7. The van der Waals surface area contributed by atoms with Crippen LogP contribution in [0.2, 0.25) is 0 Å². The van der Waals surface area contributed by atoms with Gasteiger partial charge in [-0.1, -0.05) is 29.5 Å². The number of para-hydroxylation sites is 1. The maximum atomic E-state index is 14.2. The van der Waals surface area contributed by atoms with Crippen molar-refractivity contribution in [2.45, 2.75) is 45.4 Å². The molecule has 1 fully saturated rings. The molecule has 3 aromatic carbocycles. The van der Waals surface area contributed by atoms with Gasteiger partial charge in [0.15, 0.2) is 0 Å². The summed E-state index contributed by atoms with van der Waals surface area (Å²) in [5.41, 5.74) is 3.01. The van der Waals surface area contributed by atoms with Gasteiger partial charge in [0.1, 0.15) is 23.9 Å². The molecule has 218 valence electrons. The number of ether oxygens (including phenoxy) is 2. The number of benzene rings is 3. The van der Waals surface area contributed by atoms with Crippen molar-refractivity contribution in [2.75, 3.05) is 30.0 Å². The fourth-order valence-electron chi connectivity index (χ4n) is 5.03. The smallest absolute Gasteiger partial charge is 0.249 e. The van der Waals surface area contributed by atoms with Crippen LogP contribution < -0.4 is 20.3 Å². The molecule has 0 radical (unpaired) electrons. The molecular weight excluding hydrogens is 536 g/mol. The molecule has 2 atom stereocenters. The number of nitrogens with one attached hydrogen (secondary N) is 2. The third-order valence-electron chi connectivity index (χ3n) is 6.98. The summed E-state index contributed by atoms with van der Waals surface area (Å²) in [5, 5.41) is 14.1. The first kappa shape index (κ1) is 28.7. The molecular formula is C31H34N6O5. The first-order chi connectivity index (χ1) is 20.4. The molecule has 1 saturated heterocycles. The topological polar surface area (TPSA) is 128 Å². The Labute approximate surface area is 243 Å². The van der Waals surface area contributed by atoms with Crippen molar-refractivity contribution in [3.05, 3.63) is 78.4 Å². The van der Waals surface area contributed by atoms with E-state index in [1.165, 1.54) is 16.5 Å². The van der Waals surface area contributed by atoms with Gasteiger partial charge in [-0.05, 0) is 73.9 Å². The predicted octanol–water partition coefficient (Wildman–Crippen LogP) is 3.86. The molecule has 4 aromatic rings. The molecule has 11 nitrogen and oxygen atoms in total. The van der Waals surface area contributed by atoms with Gasteiger partial charge in [-0.2, -0.15) is 0 Å². The van der Waals surface area contributed by atoms with Crippen LogP contribution >= 0.6 is 0 Å². The summed E-state index contributed by atoms with van der Waals surface area (Å²) in [6.07, 6.45) is 1.73. The quantitative estimate of drug-likeness (QED) is 0.280. The molecule has 3 amide bonds. The van der Waals surface area contributed by atoms with Gasteiger partial charge in [-0.15, -0.1) is 5.10 Å². The summed E-state index contributed by atoms with van der Waals surface area (Å²) in [6.45, 7) is 4.67. The highest BCUT2D eigenvalue weighted by Gasteiger charge is 2.34. The molecule has 11 heteroatoms. The molecule has 1 aromatic heterocycles. The second-order valence-electron chi connectivity index (χ2n) is 10.0. The summed E-state index contributed by atoms with van der Waals surface area (Å²) in [6, 6.07) is 20.3. The number of hydrogen-bond donors (Lipinski definition) is 2. The number of amides is 3. The molecule has 2 N–H and O–H groups in total. The largest absolute Gasteiger partial charge is 0.494 e. The number of fused-ring (bicyclic) bond motifs is 1. The number of rotatable bonds is 11. The van der Waals surface area contributed by atoms with Crippen LogP contribution in [0.3, 0.4) is 0 Å². The number of hydrogen-bond acceptors (Lipinski definition) is 7. The second kappa shape index (κ2) is 13.3. The summed E-state index contributed by atoms with van der Waals surface area (Å²) in [4.78, 5) is 41.2. The minimum atomic E-state index is -1.02. The number of carbonyl (C=O) groups excluding carboxylic acids is 3. The van der Waals surface area contributed by atoms with Crippen LogP contribution in [0, 0.1) is 0 Å². The Hall–Kier alpha value is -4.77. The maximum absolute atomic E-state index is 14.2. The lowest BCUT2D eigenvalue weighted by Gasteiger charge is -2.32. The van der Waals surface area contributed by atoms with Crippen LogP contribution in [0.5, 0.6) is 5.75 Å². The molecule has 0 bridgehead atoms. The summed E-state index contributed by atoms with van der Waals surface area (Å²) in [7, 11) is 0. The standard InChI is InChI=1S/C31H34N6O5/c1-3-41-25-16-10-22(11-17-25)30(31(40)32-19-26-7-6-18-42-26)37(24-14-12-23(13-15-24)33-21(2)38)29(39)20-36-28-9-5-4-8-27(28)34-35-36/h4-5,8-17,26,30H,3,6-7,18-20H2,1-2H3,(H,32,40)(H,33,38)/t26-,30-/m1/s1. The third kappa shape index (κ3) is 6.74. The number of anilines is 2. The van der Waals surface area contributed by atoms with Crippen molar-refractivity contribution in [1.82, 2.24) is 20.3 Å². The Kier molecular flexibility index (Phi) is 9.08. The van der Waals surface area contributed by atoms with Crippen molar-refractivity contribution < 1.29 is 23.9 Å². The van der Waals surface area contributed by atoms with Crippen molar-refractivity contribution >= 4 is 40.1 Å². The van der Waals surface area contributed by atoms with E-state index in [0.717, 1.165) is 12.8 Å². The average Bonchev–Trinajstić information content (AvgIpc) is 3.66. The highest BCUT2D eigenvalue weighted by atomic mass is 16.5. The highest BCUT2D eigenvalue weighted by Crippen LogP contribution is 2.31.